The Morgan fingerprint density at radius 1 is 1.16 bits per heavy atom. The largest absolute Gasteiger partial charge is 0.487 e. The summed E-state index contributed by atoms with van der Waals surface area (Å²) in [5.74, 6) is 0.768. The van der Waals surface area contributed by atoms with Crippen molar-refractivity contribution in [1.82, 2.24) is 10.3 Å². The summed E-state index contributed by atoms with van der Waals surface area (Å²) in [6.45, 7) is 4.45. The Bertz CT molecular complexity index is 736. The van der Waals surface area contributed by atoms with E-state index in [2.05, 4.69) is 23.3 Å². The Morgan fingerprint density at radius 3 is 2.72 bits per heavy atom. The van der Waals surface area contributed by atoms with Crippen molar-refractivity contribution in [1.29, 1.82) is 0 Å². The molecule has 0 bridgehead atoms. The number of benzene rings is 1. The summed E-state index contributed by atoms with van der Waals surface area (Å²) in [7, 11) is 0. The number of carbonyl (C=O) groups excluding carboxylic acids is 1. The van der Waals surface area contributed by atoms with Crippen molar-refractivity contribution >= 4 is 5.91 Å². The molecule has 0 atom stereocenters. The van der Waals surface area contributed by atoms with Crippen LogP contribution in [-0.4, -0.2) is 16.9 Å². The minimum Gasteiger partial charge on any atom is -0.487 e. The quantitative estimate of drug-likeness (QED) is 0.882. The molecular weight excluding hydrogens is 312 g/mol. The average molecular weight is 338 g/mol. The Hall–Kier alpha value is -2.36. The van der Waals surface area contributed by atoms with E-state index in [1.165, 1.54) is 24.8 Å². The van der Waals surface area contributed by atoms with Gasteiger partial charge in [-0.25, -0.2) is 4.98 Å². The lowest BCUT2D eigenvalue weighted by atomic mass is 9.95. The second-order valence-corrected chi connectivity index (χ2v) is 6.88. The number of nitrogens with one attached hydrogen (secondary N) is 1. The molecule has 0 saturated heterocycles. The van der Waals surface area contributed by atoms with Gasteiger partial charge in [0.05, 0.1) is 5.69 Å². The molecule has 2 aromatic rings. The number of ether oxygens (including phenoxy) is 1. The zero-order valence-electron chi connectivity index (χ0n) is 15.0. The van der Waals surface area contributed by atoms with Crippen LogP contribution in [0.25, 0.3) is 0 Å². The molecule has 1 amide bonds. The summed E-state index contributed by atoms with van der Waals surface area (Å²) < 4.78 is 5.87. The van der Waals surface area contributed by atoms with E-state index in [4.69, 9.17) is 4.74 Å². The minimum absolute atomic E-state index is 0.0831. The van der Waals surface area contributed by atoms with Crippen LogP contribution in [0.3, 0.4) is 0 Å². The average Bonchev–Trinajstić information content (AvgIpc) is 2.62. The first-order valence-electron chi connectivity index (χ1n) is 9.08. The van der Waals surface area contributed by atoms with Gasteiger partial charge in [0.15, 0.2) is 0 Å². The molecule has 1 aliphatic rings. The monoisotopic (exact) mass is 338 g/mol. The van der Waals surface area contributed by atoms with Gasteiger partial charge in [-0.2, -0.15) is 0 Å². The third-order valence-electron chi connectivity index (χ3n) is 4.69. The van der Waals surface area contributed by atoms with Gasteiger partial charge in [-0.3, -0.25) is 4.79 Å². The molecule has 4 nitrogen and oxygen atoms in total. The van der Waals surface area contributed by atoms with Crippen molar-refractivity contribution in [3.8, 4) is 5.75 Å². The van der Waals surface area contributed by atoms with Crippen molar-refractivity contribution in [3.05, 3.63) is 58.9 Å². The molecule has 0 aliphatic heterocycles. The normalized spacial score (nSPS) is 15.0. The molecule has 1 aromatic heterocycles. The number of aromatic nitrogens is 1. The number of hydrogen-bond acceptors (Lipinski definition) is 3. The van der Waals surface area contributed by atoms with E-state index in [0.717, 1.165) is 29.8 Å². The van der Waals surface area contributed by atoms with E-state index in [9.17, 15) is 4.79 Å². The van der Waals surface area contributed by atoms with Crippen LogP contribution in [-0.2, 0) is 6.61 Å². The Morgan fingerprint density at radius 2 is 1.96 bits per heavy atom. The van der Waals surface area contributed by atoms with Gasteiger partial charge in [-0.15, -0.1) is 0 Å². The maximum absolute atomic E-state index is 12.4. The number of nitrogens with zero attached hydrogens (tertiary/aromatic N) is 1. The lowest BCUT2D eigenvalue weighted by Crippen LogP contribution is -2.36. The highest BCUT2D eigenvalue weighted by atomic mass is 16.5. The molecular formula is C21H26N2O2. The molecule has 1 aromatic carbocycles. The van der Waals surface area contributed by atoms with Gasteiger partial charge in [0, 0.05) is 6.04 Å². The van der Waals surface area contributed by atoms with Gasteiger partial charge in [0.25, 0.3) is 5.91 Å². The Labute approximate surface area is 149 Å². The highest BCUT2D eigenvalue weighted by Crippen LogP contribution is 2.20. The zero-order valence-corrected chi connectivity index (χ0v) is 15.0. The highest BCUT2D eigenvalue weighted by Gasteiger charge is 2.17. The highest BCUT2D eigenvalue weighted by molar-refractivity contribution is 5.92. The van der Waals surface area contributed by atoms with Crippen molar-refractivity contribution in [2.24, 2.45) is 0 Å². The zero-order chi connectivity index (χ0) is 17.6. The molecule has 0 spiro atoms. The Kier molecular flexibility index (Phi) is 5.69. The molecule has 0 radical (unpaired) electrons. The molecule has 25 heavy (non-hydrogen) atoms. The smallest absolute Gasteiger partial charge is 0.270 e. The maximum Gasteiger partial charge on any atom is 0.270 e. The van der Waals surface area contributed by atoms with Crippen molar-refractivity contribution in [2.75, 3.05) is 0 Å². The second kappa shape index (κ2) is 8.15. The van der Waals surface area contributed by atoms with Gasteiger partial charge in [0.2, 0.25) is 0 Å². The van der Waals surface area contributed by atoms with Gasteiger partial charge < -0.3 is 10.1 Å². The first-order chi connectivity index (χ1) is 12.1. The predicted molar refractivity (Wildman–Crippen MR) is 98.8 cm³/mol. The van der Waals surface area contributed by atoms with Gasteiger partial charge in [0.1, 0.15) is 18.1 Å². The molecule has 3 rings (SSSR count). The molecule has 1 saturated carbocycles. The number of pyridine rings is 1. The molecule has 132 valence electrons. The van der Waals surface area contributed by atoms with E-state index in [0.29, 0.717) is 12.3 Å². The fourth-order valence-electron chi connectivity index (χ4n) is 3.31. The standard InChI is InChI=1S/C21H26N2O2/c1-15-11-12-20(16(2)13-15)25-14-18-9-6-10-19(22-18)21(24)23-17-7-4-3-5-8-17/h6,9-13,17H,3-5,7-8,14H2,1-2H3,(H,23,24). The molecule has 4 heteroatoms. The van der Waals surface area contributed by atoms with E-state index >= 15 is 0 Å². The maximum atomic E-state index is 12.4. The summed E-state index contributed by atoms with van der Waals surface area (Å²) in [6.07, 6.45) is 5.81. The SMILES string of the molecule is Cc1ccc(OCc2cccc(C(=O)NC3CCCCC3)n2)c(C)c1. The van der Waals surface area contributed by atoms with Crippen molar-refractivity contribution in [3.63, 3.8) is 0 Å². The van der Waals surface area contributed by atoms with Crippen LogP contribution in [0.2, 0.25) is 0 Å². The molecule has 1 heterocycles. The Balaban J connectivity index is 1.61. The van der Waals surface area contributed by atoms with Crippen LogP contribution in [0.15, 0.2) is 36.4 Å². The number of rotatable bonds is 5. The summed E-state index contributed by atoms with van der Waals surface area (Å²) in [5, 5.41) is 3.11. The number of aryl methyl sites for hydroxylation is 2. The van der Waals surface area contributed by atoms with E-state index in [1.54, 1.807) is 6.07 Å². The molecule has 0 unspecified atom stereocenters. The van der Waals surface area contributed by atoms with Crippen LogP contribution in [0.4, 0.5) is 0 Å². The molecule has 1 aliphatic carbocycles. The van der Waals surface area contributed by atoms with Crippen LogP contribution < -0.4 is 10.1 Å². The van der Waals surface area contributed by atoms with E-state index in [1.807, 2.05) is 31.2 Å². The van der Waals surface area contributed by atoms with Gasteiger partial charge >= 0.3 is 0 Å². The summed E-state index contributed by atoms with van der Waals surface area (Å²) in [4.78, 5) is 16.9. The number of amides is 1. The second-order valence-electron chi connectivity index (χ2n) is 6.88. The summed E-state index contributed by atoms with van der Waals surface area (Å²) >= 11 is 0. The fraction of sp³-hybridized carbons (Fsp3) is 0.429. The first-order valence-corrected chi connectivity index (χ1v) is 9.08. The topological polar surface area (TPSA) is 51.2 Å². The molecule has 1 fully saturated rings. The van der Waals surface area contributed by atoms with Gasteiger partial charge in [-0.1, -0.05) is 43.0 Å². The predicted octanol–water partition coefficient (Wildman–Crippen LogP) is 4.34. The van der Waals surface area contributed by atoms with E-state index < -0.39 is 0 Å². The summed E-state index contributed by atoms with van der Waals surface area (Å²) in [6, 6.07) is 11.9. The molecule has 1 N–H and O–H groups in total. The third-order valence-corrected chi connectivity index (χ3v) is 4.69. The van der Waals surface area contributed by atoms with Gasteiger partial charge in [-0.05, 0) is 50.5 Å². The van der Waals surface area contributed by atoms with Crippen LogP contribution in [0.1, 0.15) is 59.4 Å². The van der Waals surface area contributed by atoms with Crippen molar-refractivity contribution in [2.45, 2.75) is 58.6 Å². The van der Waals surface area contributed by atoms with Crippen LogP contribution in [0.5, 0.6) is 5.75 Å². The summed E-state index contributed by atoms with van der Waals surface area (Å²) in [5.41, 5.74) is 3.54. The first kappa shape index (κ1) is 17.5. The number of hydrogen-bond donors (Lipinski definition) is 1. The van der Waals surface area contributed by atoms with E-state index in [-0.39, 0.29) is 11.9 Å². The minimum atomic E-state index is -0.0831. The van der Waals surface area contributed by atoms with Crippen LogP contribution in [0, 0.1) is 13.8 Å². The lowest BCUT2D eigenvalue weighted by Gasteiger charge is -2.22. The third kappa shape index (κ3) is 4.81. The van der Waals surface area contributed by atoms with Crippen molar-refractivity contribution < 1.29 is 9.53 Å². The lowest BCUT2D eigenvalue weighted by molar-refractivity contribution is 0.0922. The number of carbonyl (C=O) groups is 1. The fourth-order valence-corrected chi connectivity index (χ4v) is 3.31. The van der Waals surface area contributed by atoms with Crippen LogP contribution >= 0.6 is 0 Å².